The van der Waals surface area contributed by atoms with Gasteiger partial charge in [-0.15, -0.1) is 11.3 Å². The zero-order valence-corrected chi connectivity index (χ0v) is 15.7. The molecule has 0 radical (unpaired) electrons. The van der Waals surface area contributed by atoms with Gasteiger partial charge in [-0.2, -0.15) is 0 Å². The van der Waals surface area contributed by atoms with E-state index in [9.17, 15) is 4.79 Å². The average Bonchev–Trinajstić information content (AvgIpc) is 3.28. The molecule has 2 fully saturated rings. The van der Waals surface area contributed by atoms with E-state index in [0.29, 0.717) is 17.5 Å². The Morgan fingerprint density at radius 3 is 2.56 bits per heavy atom. The van der Waals surface area contributed by atoms with Gasteiger partial charge < -0.3 is 9.47 Å². The van der Waals surface area contributed by atoms with Gasteiger partial charge >= 0.3 is 0 Å². The Labute approximate surface area is 152 Å². The molecule has 2 aliphatic rings. The Morgan fingerprint density at radius 2 is 2.00 bits per heavy atom. The number of carbonyl (C=O) groups is 1. The van der Waals surface area contributed by atoms with Crippen molar-refractivity contribution in [1.82, 2.24) is 24.3 Å². The van der Waals surface area contributed by atoms with Crippen molar-refractivity contribution < 1.29 is 4.79 Å². The quantitative estimate of drug-likeness (QED) is 0.843. The molecule has 4 heterocycles. The first-order valence-corrected chi connectivity index (χ1v) is 9.87. The van der Waals surface area contributed by atoms with E-state index in [1.54, 1.807) is 17.7 Å². The highest BCUT2D eigenvalue weighted by molar-refractivity contribution is 7.09. The summed E-state index contributed by atoms with van der Waals surface area (Å²) in [5.74, 6) is 1.33. The number of imidazole rings is 1. The van der Waals surface area contributed by atoms with Crippen LogP contribution in [0.15, 0.2) is 17.9 Å². The molecule has 0 aliphatic carbocycles. The van der Waals surface area contributed by atoms with E-state index in [1.807, 2.05) is 22.7 Å². The van der Waals surface area contributed by atoms with Gasteiger partial charge in [0.15, 0.2) is 0 Å². The summed E-state index contributed by atoms with van der Waals surface area (Å²) in [7, 11) is 1.90. The Morgan fingerprint density at radius 1 is 1.28 bits per heavy atom. The van der Waals surface area contributed by atoms with Crippen molar-refractivity contribution in [3.63, 3.8) is 0 Å². The number of thiazole rings is 1. The van der Waals surface area contributed by atoms with E-state index in [-0.39, 0.29) is 5.91 Å². The van der Waals surface area contributed by atoms with Gasteiger partial charge in [0.2, 0.25) is 0 Å². The van der Waals surface area contributed by atoms with Crippen molar-refractivity contribution in [2.75, 3.05) is 26.2 Å². The lowest BCUT2D eigenvalue weighted by atomic mass is 9.92. The molecule has 0 aromatic carbocycles. The molecule has 0 bridgehead atoms. The number of likely N-dealkylation sites (tertiary alicyclic amines) is 2. The van der Waals surface area contributed by atoms with Crippen LogP contribution in [0, 0.1) is 18.8 Å². The number of hydrogen-bond acceptors (Lipinski definition) is 5. The number of fused-ring (bicyclic) bond motifs is 1. The van der Waals surface area contributed by atoms with Crippen LogP contribution in [0.25, 0.3) is 0 Å². The molecular weight excluding hydrogens is 334 g/mol. The van der Waals surface area contributed by atoms with Gasteiger partial charge in [-0.3, -0.25) is 9.69 Å². The molecule has 0 spiro atoms. The van der Waals surface area contributed by atoms with Crippen molar-refractivity contribution in [2.45, 2.75) is 26.3 Å². The maximum absolute atomic E-state index is 12.6. The van der Waals surface area contributed by atoms with E-state index in [4.69, 9.17) is 0 Å². The molecule has 4 rings (SSSR count). The number of hydrogen-bond donors (Lipinski definition) is 0. The molecule has 2 aromatic rings. The minimum absolute atomic E-state index is 0.0866. The van der Waals surface area contributed by atoms with Crippen molar-refractivity contribution in [3.8, 4) is 0 Å². The van der Waals surface area contributed by atoms with Gasteiger partial charge in [0, 0.05) is 38.3 Å². The molecule has 1 amide bonds. The van der Waals surface area contributed by atoms with Gasteiger partial charge in [-0.1, -0.05) is 0 Å². The standard InChI is InChI=1S/C18H25N5OS/c1-13-20-16(11-25-13)9-22-5-3-14-7-23(8-15(14)4-6-22)18(24)17-10-21(2)12-19-17/h10-12,14-15H,3-9H2,1-2H3/t14-,15+. The van der Waals surface area contributed by atoms with Crippen LogP contribution >= 0.6 is 11.3 Å². The third-order valence-corrected chi connectivity index (χ3v) is 6.29. The SMILES string of the molecule is Cc1nc(CN2CC[C@@H]3CN(C(=O)c4cn(C)cn4)C[C@@H]3CC2)cs1. The Hall–Kier alpha value is -1.73. The van der Waals surface area contributed by atoms with Crippen LogP contribution in [0.5, 0.6) is 0 Å². The summed E-state index contributed by atoms with van der Waals surface area (Å²) in [6.07, 6.45) is 5.84. The fraction of sp³-hybridized carbons (Fsp3) is 0.611. The summed E-state index contributed by atoms with van der Waals surface area (Å²) in [5.41, 5.74) is 1.76. The predicted octanol–water partition coefficient (Wildman–Crippen LogP) is 2.17. The van der Waals surface area contributed by atoms with E-state index in [0.717, 1.165) is 37.7 Å². The van der Waals surface area contributed by atoms with Crippen molar-refractivity contribution in [2.24, 2.45) is 18.9 Å². The Bertz CT molecular complexity index is 738. The summed E-state index contributed by atoms with van der Waals surface area (Å²) in [4.78, 5) is 26.0. The zero-order chi connectivity index (χ0) is 17.4. The molecule has 25 heavy (non-hydrogen) atoms. The highest BCUT2D eigenvalue weighted by Crippen LogP contribution is 2.32. The van der Waals surface area contributed by atoms with Gasteiger partial charge in [-0.05, 0) is 44.7 Å². The molecule has 6 nitrogen and oxygen atoms in total. The first-order valence-electron chi connectivity index (χ1n) is 8.99. The number of carbonyl (C=O) groups excluding carboxylic acids is 1. The fourth-order valence-electron chi connectivity index (χ4n) is 4.12. The summed E-state index contributed by atoms with van der Waals surface area (Å²) < 4.78 is 1.83. The van der Waals surface area contributed by atoms with Crippen molar-refractivity contribution in [1.29, 1.82) is 0 Å². The average molecular weight is 359 g/mol. The predicted molar refractivity (Wildman–Crippen MR) is 97.5 cm³/mol. The molecule has 0 saturated carbocycles. The molecular formula is C18H25N5OS. The summed E-state index contributed by atoms with van der Waals surface area (Å²) >= 11 is 1.73. The van der Waals surface area contributed by atoms with Gasteiger partial charge in [-0.25, -0.2) is 9.97 Å². The fourth-order valence-corrected chi connectivity index (χ4v) is 4.72. The van der Waals surface area contributed by atoms with E-state index in [2.05, 4.69) is 27.2 Å². The number of aromatic nitrogens is 3. The summed E-state index contributed by atoms with van der Waals surface area (Å²) in [6, 6.07) is 0. The van der Waals surface area contributed by atoms with E-state index in [1.165, 1.54) is 18.5 Å². The first-order chi connectivity index (χ1) is 12.1. The monoisotopic (exact) mass is 359 g/mol. The molecule has 7 heteroatoms. The molecule has 134 valence electrons. The molecule has 2 atom stereocenters. The second-order valence-corrected chi connectivity index (χ2v) is 8.43. The van der Waals surface area contributed by atoms with Crippen LogP contribution in [0.2, 0.25) is 0 Å². The van der Waals surface area contributed by atoms with Gasteiger partial charge in [0.25, 0.3) is 5.91 Å². The minimum Gasteiger partial charge on any atom is -0.340 e. The van der Waals surface area contributed by atoms with Crippen molar-refractivity contribution >= 4 is 17.2 Å². The second-order valence-electron chi connectivity index (χ2n) is 7.37. The van der Waals surface area contributed by atoms with Crippen LogP contribution in [-0.4, -0.2) is 56.4 Å². The second kappa shape index (κ2) is 6.88. The molecule has 2 aromatic heterocycles. The smallest absolute Gasteiger partial charge is 0.274 e. The van der Waals surface area contributed by atoms with Crippen LogP contribution in [-0.2, 0) is 13.6 Å². The Kier molecular flexibility index (Phi) is 4.60. The highest BCUT2D eigenvalue weighted by atomic mass is 32.1. The third kappa shape index (κ3) is 3.62. The lowest BCUT2D eigenvalue weighted by Gasteiger charge is -2.21. The van der Waals surface area contributed by atoms with Crippen LogP contribution < -0.4 is 0 Å². The minimum atomic E-state index is 0.0866. The van der Waals surface area contributed by atoms with Crippen LogP contribution in [0.1, 0.15) is 34.0 Å². The lowest BCUT2D eigenvalue weighted by molar-refractivity contribution is 0.0774. The lowest BCUT2D eigenvalue weighted by Crippen LogP contribution is -2.31. The molecule has 2 aliphatic heterocycles. The first kappa shape index (κ1) is 16.7. The number of aryl methyl sites for hydroxylation is 2. The zero-order valence-electron chi connectivity index (χ0n) is 14.9. The van der Waals surface area contributed by atoms with Gasteiger partial charge in [0.05, 0.1) is 17.0 Å². The summed E-state index contributed by atoms with van der Waals surface area (Å²) in [6.45, 7) is 6.98. The molecule has 0 unspecified atom stereocenters. The van der Waals surface area contributed by atoms with E-state index >= 15 is 0 Å². The molecule has 2 saturated heterocycles. The third-order valence-electron chi connectivity index (χ3n) is 5.47. The Balaban J connectivity index is 1.34. The number of amides is 1. The van der Waals surface area contributed by atoms with Gasteiger partial charge in [0.1, 0.15) is 5.69 Å². The topological polar surface area (TPSA) is 54.3 Å². The van der Waals surface area contributed by atoms with Crippen LogP contribution in [0.4, 0.5) is 0 Å². The van der Waals surface area contributed by atoms with Crippen LogP contribution in [0.3, 0.4) is 0 Å². The van der Waals surface area contributed by atoms with Crippen molar-refractivity contribution in [3.05, 3.63) is 34.3 Å². The molecule has 0 N–H and O–H groups in total. The normalized spacial score (nSPS) is 24.3. The van der Waals surface area contributed by atoms with E-state index < -0.39 is 0 Å². The maximum atomic E-state index is 12.6. The summed E-state index contributed by atoms with van der Waals surface area (Å²) in [5, 5.41) is 3.32. The largest absolute Gasteiger partial charge is 0.340 e. The maximum Gasteiger partial charge on any atom is 0.274 e. The number of rotatable bonds is 3. The highest BCUT2D eigenvalue weighted by Gasteiger charge is 2.37. The number of nitrogens with zero attached hydrogens (tertiary/aromatic N) is 5.